The first-order valence-corrected chi connectivity index (χ1v) is 5.24. The van der Waals surface area contributed by atoms with Crippen LogP contribution < -0.4 is 0 Å². The van der Waals surface area contributed by atoms with E-state index in [1.807, 2.05) is 20.8 Å². The molecule has 0 amide bonds. The lowest BCUT2D eigenvalue weighted by molar-refractivity contribution is -0.266. The molecule has 0 spiro atoms. The Morgan fingerprint density at radius 3 is 2.23 bits per heavy atom. The van der Waals surface area contributed by atoms with Crippen molar-refractivity contribution in [2.45, 2.75) is 49.0 Å². The highest BCUT2D eigenvalue weighted by atomic mass is 35.6. The normalized spacial score (nSPS) is 34.6. The predicted octanol–water partition coefficient (Wildman–Crippen LogP) is 3.29. The fraction of sp³-hybridized carbons (Fsp3) is 1.00. The van der Waals surface area contributed by atoms with E-state index < -0.39 is 10.1 Å². The van der Waals surface area contributed by atoms with Gasteiger partial charge in [0.1, 0.15) is 0 Å². The summed E-state index contributed by atoms with van der Waals surface area (Å²) >= 11 is 17.1. The fourth-order valence-electron chi connectivity index (χ4n) is 1.46. The van der Waals surface area contributed by atoms with Gasteiger partial charge in [-0.25, -0.2) is 0 Å². The summed E-state index contributed by atoms with van der Waals surface area (Å²) in [5.74, 6) is 0. The van der Waals surface area contributed by atoms with Crippen molar-refractivity contribution in [2.75, 3.05) is 0 Å². The fourth-order valence-corrected chi connectivity index (χ4v) is 1.75. The highest BCUT2D eigenvalue weighted by Gasteiger charge is 2.43. The maximum absolute atomic E-state index is 5.69. The minimum absolute atomic E-state index is 0.0457. The van der Waals surface area contributed by atoms with Crippen LogP contribution in [0.3, 0.4) is 0 Å². The Bertz CT molecular complexity index is 188. The Labute approximate surface area is 93.4 Å². The molecule has 2 nitrogen and oxygen atoms in total. The van der Waals surface area contributed by atoms with Crippen molar-refractivity contribution in [1.29, 1.82) is 0 Å². The molecular formula is C8H13Cl3O2. The lowest BCUT2D eigenvalue weighted by atomic mass is 10.0. The Morgan fingerprint density at radius 1 is 1.31 bits per heavy atom. The molecule has 0 bridgehead atoms. The van der Waals surface area contributed by atoms with E-state index in [4.69, 9.17) is 44.3 Å². The SMILES string of the molecule is C[C@H]1CC(C)(C)O[C@H](C(Cl)(Cl)Cl)O1. The van der Waals surface area contributed by atoms with E-state index in [2.05, 4.69) is 0 Å². The average molecular weight is 248 g/mol. The molecule has 5 heteroatoms. The predicted molar refractivity (Wildman–Crippen MR) is 54.4 cm³/mol. The van der Waals surface area contributed by atoms with Crippen molar-refractivity contribution >= 4 is 34.8 Å². The summed E-state index contributed by atoms with van der Waals surface area (Å²) in [5.41, 5.74) is -0.299. The van der Waals surface area contributed by atoms with Gasteiger partial charge in [0.25, 0.3) is 0 Å². The molecule has 1 fully saturated rings. The van der Waals surface area contributed by atoms with Crippen LogP contribution in [0.15, 0.2) is 0 Å². The number of ether oxygens (including phenoxy) is 2. The lowest BCUT2D eigenvalue weighted by Crippen LogP contribution is -2.48. The van der Waals surface area contributed by atoms with E-state index in [1.165, 1.54) is 0 Å². The van der Waals surface area contributed by atoms with Gasteiger partial charge in [0.15, 0.2) is 0 Å². The highest BCUT2D eigenvalue weighted by molar-refractivity contribution is 6.67. The van der Waals surface area contributed by atoms with E-state index in [0.717, 1.165) is 6.42 Å². The largest absolute Gasteiger partial charge is 0.345 e. The Morgan fingerprint density at radius 2 is 1.85 bits per heavy atom. The van der Waals surface area contributed by atoms with Crippen LogP contribution in [0.4, 0.5) is 0 Å². The molecule has 1 heterocycles. The second-order valence-electron chi connectivity index (χ2n) is 3.90. The van der Waals surface area contributed by atoms with E-state index in [9.17, 15) is 0 Å². The van der Waals surface area contributed by atoms with Gasteiger partial charge in [0.2, 0.25) is 10.1 Å². The van der Waals surface area contributed by atoms with Crippen LogP contribution in [0.1, 0.15) is 27.2 Å². The zero-order valence-corrected chi connectivity index (χ0v) is 10.1. The Kier molecular flexibility index (Phi) is 3.42. The molecule has 1 aliphatic rings. The third-order valence-electron chi connectivity index (χ3n) is 1.83. The summed E-state index contributed by atoms with van der Waals surface area (Å²) < 4.78 is 9.34. The van der Waals surface area contributed by atoms with Gasteiger partial charge < -0.3 is 9.47 Å². The number of hydrogen-bond acceptors (Lipinski definition) is 2. The van der Waals surface area contributed by atoms with Crippen LogP contribution in [0.25, 0.3) is 0 Å². The first kappa shape index (κ1) is 11.9. The third kappa shape index (κ3) is 3.45. The number of rotatable bonds is 0. The molecule has 0 aromatic rings. The first-order chi connectivity index (χ1) is 5.71. The van der Waals surface area contributed by atoms with Crippen molar-refractivity contribution in [3.63, 3.8) is 0 Å². The van der Waals surface area contributed by atoms with Crippen LogP contribution in [0.2, 0.25) is 0 Å². The standard InChI is InChI=1S/C8H13Cl3O2/c1-5-4-7(2,3)13-6(12-5)8(9,10)11/h5-6H,4H2,1-3H3/t5-,6+/m0/s1. The molecule has 0 saturated carbocycles. The quantitative estimate of drug-likeness (QED) is 0.612. The number of alkyl halides is 3. The Hall–Kier alpha value is 0.790. The minimum Gasteiger partial charge on any atom is -0.345 e. The zero-order valence-electron chi connectivity index (χ0n) is 7.81. The topological polar surface area (TPSA) is 18.5 Å². The first-order valence-electron chi connectivity index (χ1n) is 4.11. The number of hydrogen-bond donors (Lipinski definition) is 0. The van der Waals surface area contributed by atoms with Crippen LogP contribution in [0, 0.1) is 0 Å². The molecule has 2 atom stereocenters. The van der Waals surface area contributed by atoms with Gasteiger partial charge in [-0.1, -0.05) is 34.8 Å². The monoisotopic (exact) mass is 246 g/mol. The van der Waals surface area contributed by atoms with Crippen molar-refractivity contribution in [1.82, 2.24) is 0 Å². The molecular weight excluding hydrogens is 234 g/mol. The molecule has 0 aliphatic carbocycles. The lowest BCUT2D eigenvalue weighted by Gasteiger charge is -2.41. The van der Waals surface area contributed by atoms with E-state index >= 15 is 0 Å². The smallest absolute Gasteiger partial charge is 0.240 e. The maximum Gasteiger partial charge on any atom is 0.240 e. The van der Waals surface area contributed by atoms with Gasteiger partial charge in [0.05, 0.1) is 11.7 Å². The maximum atomic E-state index is 5.69. The third-order valence-corrected chi connectivity index (χ3v) is 2.36. The average Bonchev–Trinajstić information content (AvgIpc) is 1.79. The molecule has 0 radical (unpaired) electrons. The van der Waals surface area contributed by atoms with E-state index in [-0.39, 0.29) is 11.7 Å². The van der Waals surface area contributed by atoms with Gasteiger partial charge >= 0.3 is 0 Å². The zero-order chi connectivity index (χ0) is 10.3. The second-order valence-corrected chi connectivity index (χ2v) is 6.27. The van der Waals surface area contributed by atoms with E-state index in [1.54, 1.807) is 0 Å². The van der Waals surface area contributed by atoms with Crippen LogP contribution in [-0.4, -0.2) is 21.8 Å². The van der Waals surface area contributed by atoms with Crippen molar-refractivity contribution < 1.29 is 9.47 Å². The molecule has 1 rings (SSSR count). The minimum atomic E-state index is -1.52. The van der Waals surface area contributed by atoms with Gasteiger partial charge in [-0.05, 0) is 20.8 Å². The van der Waals surface area contributed by atoms with Crippen LogP contribution in [0.5, 0.6) is 0 Å². The molecule has 0 unspecified atom stereocenters. The van der Waals surface area contributed by atoms with Gasteiger partial charge in [-0.3, -0.25) is 0 Å². The van der Waals surface area contributed by atoms with Crippen molar-refractivity contribution in [2.24, 2.45) is 0 Å². The summed E-state index contributed by atoms with van der Waals surface area (Å²) in [4.78, 5) is 0. The second kappa shape index (κ2) is 3.74. The van der Waals surface area contributed by atoms with Gasteiger partial charge in [-0.15, -0.1) is 0 Å². The summed E-state index contributed by atoms with van der Waals surface area (Å²) in [7, 11) is 0. The summed E-state index contributed by atoms with van der Waals surface area (Å²) in [5, 5.41) is 0. The van der Waals surface area contributed by atoms with E-state index in [0.29, 0.717) is 0 Å². The van der Waals surface area contributed by atoms with Crippen LogP contribution in [-0.2, 0) is 9.47 Å². The summed E-state index contributed by atoms with van der Waals surface area (Å²) in [6.45, 7) is 5.85. The molecule has 1 saturated heterocycles. The highest BCUT2D eigenvalue weighted by Crippen LogP contribution is 2.39. The number of halogens is 3. The summed E-state index contributed by atoms with van der Waals surface area (Å²) in [6, 6.07) is 0. The molecule has 0 aromatic heterocycles. The van der Waals surface area contributed by atoms with Crippen molar-refractivity contribution in [3.05, 3.63) is 0 Å². The molecule has 1 aliphatic heterocycles. The molecule has 78 valence electrons. The van der Waals surface area contributed by atoms with Crippen LogP contribution >= 0.6 is 34.8 Å². The van der Waals surface area contributed by atoms with Crippen molar-refractivity contribution in [3.8, 4) is 0 Å². The Balaban J connectivity index is 2.69. The molecule has 0 N–H and O–H groups in total. The molecule has 0 aromatic carbocycles. The van der Waals surface area contributed by atoms with Gasteiger partial charge in [-0.2, -0.15) is 0 Å². The molecule has 13 heavy (non-hydrogen) atoms. The van der Waals surface area contributed by atoms with Gasteiger partial charge in [0, 0.05) is 6.42 Å². The summed E-state index contributed by atoms with van der Waals surface area (Å²) in [6.07, 6.45) is 0.0603.